The Kier molecular flexibility index (Phi) is 5.51. The molecule has 1 fully saturated rings. The fourth-order valence-corrected chi connectivity index (χ4v) is 2.49. The molecule has 0 aromatic carbocycles. The van der Waals surface area contributed by atoms with Crippen LogP contribution < -0.4 is 4.90 Å². The van der Waals surface area contributed by atoms with Crippen molar-refractivity contribution in [2.24, 2.45) is 0 Å². The molecule has 2 rings (SSSR count). The number of hydrogen-bond acceptors (Lipinski definition) is 6. The van der Waals surface area contributed by atoms with Crippen molar-refractivity contribution in [3.63, 3.8) is 0 Å². The normalized spacial score (nSPS) is 18.2. The number of aliphatic hydroxyl groups is 1. The first-order valence-corrected chi connectivity index (χ1v) is 7.24. The lowest BCUT2D eigenvalue weighted by Gasteiger charge is -2.34. The average Bonchev–Trinajstić information content (AvgIpc) is 2.49. The number of hydrogen-bond donors (Lipinski definition) is 1. The molecule has 0 saturated carbocycles. The molecule has 114 valence electrons. The van der Waals surface area contributed by atoms with Gasteiger partial charge in [0, 0.05) is 46.3 Å². The number of aromatic nitrogens is 1. The van der Waals surface area contributed by atoms with Crippen LogP contribution in [0.2, 0.25) is 0 Å². The molecule has 1 unspecified atom stereocenters. The second kappa shape index (κ2) is 7.36. The number of nitrogens with zero attached hydrogens (tertiary/aromatic N) is 5. The summed E-state index contributed by atoms with van der Waals surface area (Å²) in [4.78, 5) is 10.6. The van der Waals surface area contributed by atoms with Crippen LogP contribution in [-0.4, -0.2) is 79.4 Å². The van der Waals surface area contributed by atoms with Gasteiger partial charge >= 0.3 is 0 Å². The zero-order valence-electron chi connectivity index (χ0n) is 12.7. The SMILES string of the molecule is CN1CCN(CC(O)CN(C)c2ccc(C#N)nc2)CC1. The minimum atomic E-state index is -0.394. The summed E-state index contributed by atoms with van der Waals surface area (Å²) < 4.78 is 0. The Morgan fingerprint density at radius 3 is 2.67 bits per heavy atom. The summed E-state index contributed by atoms with van der Waals surface area (Å²) in [5.41, 5.74) is 1.32. The van der Waals surface area contributed by atoms with E-state index in [1.807, 2.05) is 24.1 Å². The Morgan fingerprint density at radius 2 is 2.10 bits per heavy atom. The van der Waals surface area contributed by atoms with Gasteiger partial charge in [-0.1, -0.05) is 0 Å². The highest BCUT2D eigenvalue weighted by Gasteiger charge is 2.18. The Balaban J connectivity index is 1.81. The van der Waals surface area contributed by atoms with Crippen LogP contribution in [0, 0.1) is 11.3 Å². The highest BCUT2D eigenvalue weighted by Crippen LogP contribution is 2.12. The minimum absolute atomic E-state index is 0.394. The minimum Gasteiger partial charge on any atom is -0.390 e. The molecular formula is C15H23N5O. The molecule has 6 nitrogen and oxygen atoms in total. The van der Waals surface area contributed by atoms with Gasteiger partial charge < -0.3 is 14.9 Å². The molecule has 1 aliphatic rings. The lowest BCUT2D eigenvalue weighted by Crippen LogP contribution is -2.48. The van der Waals surface area contributed by atoms with Crippen LogP contribution in [0.5, 0.6) is 0 Å². The Labute approximate surface area is 126 Å². The maximum Gasteiger partial charge on any atom is 0.140 e. The number of nitriles is 1. The van der Waals surface area contributed by atoms with Gasteiger partial charge in [-0.3, -0.25) is 4.90 Å². The molecular weight excluding hydrogens is 266 g/mol. The van der Waals surface area contributed by atoms with E-state index >= 15 is 0 Å². The molecule has 0 radical (unpaired) electrons. The Morgan fingerprint density at radius 1 is 1.38 bits per heavy atom. The molecule has 0 amide bonds. The molecule has 2 heterocycles. The van der Waals surface area contributed by atoms with Crippen LogP contribution in [0.15, 0.2) is 18.3 Å². The predicted molar refractivity (Wildman–Crippen MR) is 82.2 cm³/mol. The van der Waals surface area contributed by atoms with Crippen LogP contribution in [-0.2, 0) is 0 Å². The van der Waals surface area contributed by atoms with Crippen molar-refractivity contribution in [3.8, 4) is 6.07 Å². The maximum absolute atomic E-state index is 10.2. The van der Waals surface area contributed by atoms with Crippen LogP contribution in [0.4, 0.5) is 5.69 Å². The van der Waals surface area contributed by atoms with Gasteiger partial charge in [0.05, 0.1) is 18.0 Å². The van der Waals surface area contributed by atoms with E-state index in [0.29, 0.717) is 18.8 Å². The third-order valence-electron chi connectivity index (χ3n) is 3.85. The second-order valence-corrected chi connectivity index (χ2v) is 5.65. The van der Waals surface area contributed by atoms with Crippen molar-refractivity contribution in [3.05, 3.63) is 24.0 Å². The summed E-state index contributed by atoms with van der Waals surface area (Å²) in [5.74, 6) is 0. The van der Waals surface area contributed by atoms with Gasteiger partial charge in [-0.25, -0.2) is 4.98 Å². The van der Waals surface area contributed by atoms with Crippen LogP contribution >= 0.6 is 0 Å². The number of pyridine rings is 1. The first-order chi connectivity index (χ1) is 10.1. The fraction of sp³-hybridized carbons (Fsp3) is 0.600. The second-order valence-electron chi connectivity index (χ2n) is 5.65. The first kappa shape index (κ1) is 15.7. The van der Waals surface area contributed by atoms with Gasteiger partial charge in [0.15, 0.2) is 0 Å². The summed E-state index contributed by atoms with van der Waals surface area (Å²) in [5, 5.41) is 19.0. The molecule has 21 heavy (non-hydrogen) atoms. The number of aliphatic hydroxyl groups excluding tert-OH is 1. The topological polar surface area (TPSA) is 66.6 Å². The van der Waals surface area contributed by atoms with E-state index in [9.17, 15) is 5.11 Å². The molecule has 1 aromatic heterocycles. The van der Waals surface area contributed by atoms with Crippen LogP contribution in [0.1, 0.15) is 5.69 Å². The predicted octanol–water partition coefficient (Wildman–Crippen LogP) is -0.00222. The number of rotatable bonds is 5. The van der Waals surface area contributed by atoms with Crippen molar-refractivity contribution in [2.75, 3.05) is 58.3 Å². The smallest absolute Gasteiger partial charge is 0.140 e. The summed E-state index contributed by atoms with van der Waals surface area (Å²) in [6.45, 7) is 5.39. The summed E-state index contributed by atoms with van der Waals surface area (Å²) >= 11 is 0. The van der Waals surface area contributed by atoms with E-state index in [-0.39, 0.29) is 0 Å². The number of β-amino-alcohol motifs (C(OH)–C–C–N with tert-alkyl or cyclic N) is 1. The summed E-state index contributed by atoms with van der Waals surface area (Å²) in [6.07, 6.45) is 1.27. The zero-order chi connectivity index (χ0) is 15.2. The molecule has 1 saturated heterocycles. The monoisotopic (exact) mass is 289 g/mol. The molecule has 1 aromatic rings. The molecule has 6 heteroatoms. The third-order valence-corrected chi connectivity index (χ3v) is 3.85. The largest absolute Gasteiger partial charge is 0.390 e. The van der Waals surface area contributed by atoms with Gasteiger partial charge in [-0.2, -0.15) is 5.26 Å². The van der Waals surface area contributed by atoms with Gasteiger partial charge in [0.1, 0.15) is 11.8 Å². The summed E-state index contributed by atoms with van der Waals surface area (Å²) in [7, 11) is 4.05. The number of piperazine rings is 1. The molecule has 0 spiro atoms. The Bertz CT molecular complexity index is 476. The van der Waals surface area contributed by atoms with E-state index in [1.165, 1.54) is 0 Å². The van der Waals surface area contributed by atoms with Crippen molar-refractivity contribution in [1.82, 2.24) is 14.8 Å². The van der Waals surface area contributed by atoms with Crippen molar-refractivity contribution >= 4 is 5.69 Å². The summed E-state index contributed by atoms with van der Waals surface area (Å²) in [6, 6.07) is 5.55. The third kappa shape index (κ3) is 4.67. The van der Waals surface area contributed by atoms with Crippen LogP contribution in [0.25, 0.3) is 0 Å². The van der Waals surface area contributed by atoms with Gasteiger partial charge in [-0.05, 0) is 19.2 Å². The molecule has 0 aliphatic carbocycles. The van der Waals surface area contributed by atoms with E-state index < -0.39 is 6.10 Å². The zero-order valence-corrected chi connectivity index (χ0v) is 12.7. The maximum atomic E-state index is 10.2. The van der Waals surface area contributed by atoms with E-state index in [1.54, 1.807) is 12.3 Å². The molecule has 0 bridgehead atoms. The van der Waals surface area contributed by atoms with Crippen molar-refractivity contribution in [2.45, 2.75) is 6.10 Å². The lowest BCUT2D eigenvalue weighted by molar-refractivity contribution is 0.0843. The van der Waals surface area contributed by atoms with Crippen molar-refractivity contribution in [1.29, 1.82) is 5.26 Å². The van der Waals surface area contributed by atoms with Crippen molar-refractivity contribution < 1.29 is 5.11 Å². The highest BCUT2D eigenvalue weighted by atomic mass is 16.3. The van der Waals surface area contributed by atoms with E-state index in [2.05, 4.69) is 21.8 Å². The molecule has 1 atom stereocenters. The molecule has 1 N–H and O–H groups in total. The lowest BCUT2D eigenvalue weighted by atomic mass is 10.2. The quantitative estimate of drug-likeness (QED) is 0.823. The van der Waals surface area contributed by atoms with Gasteiger partial charge in [0.2, 0.25) is 0 Å². The molecule has 1 aliphatic heterocycles. The van der Waals surface area contributed by atoms with Gasteiger partial charge in [-0.15, -0.1) is 0 Å². The van der Waals surface area contributed by atoms with E-state index in [4.69, 9.17) is 5.26 Å². The number of likely N-dealkylation sites (N-methyl/N-ethyl adjacent to an activating group) is 2. The standard InChI is InChI=1S/C15H23N5O/c1-18-5-7-20(8-6-18)12-15(21)11-19(2)14-4-3-13(9-16)17-10-14/h3-4,10,15,21H,5-8,11-12H2,1-2H3. The first-order valence-electron chi connectivity index (χ1n) is 7.24. The Hall–Kier alpha value is -1.68. The number of anilines is 1. The highest BCUT2D eigenvalue weighted by molar-refractivity contribution is 5.45. The fourth-order valence-electron chi connectivity index (χ4n) is 2.49. The van der Waals surface area contributed by atoms with Crippen LogP contribution in [0.3, 0.4) is 0 Å². The average molecular weight is 289 g/mol. The van der Waals surface area contributed by atoms with Gasteiger partial charge in [0.25, 0.3) is 0 Å². The van der Waals surface area contributed by atoms with E-state index in [0.717, 1.165) is 31.9 Å².